The minimum absolute atomic E-state index is 0.204. The number of thiophene rings is 1. The van der Waals surface area contributed by atoms with Crippen molar-refractivity contribution < 1.29 is 19.1 Å². The van der Waals surface area contributed by atoms with Crippen molar-refractivity contribution >= 4 is 50.8 Å². The van der Waals surface area contributed by atoms with Gasteiger partial charge in [0.05, 0.1) is 25.0 Å². The summed E-state index contributed by atoms with van der Waals surface area (Å²) in [6, 6.07) is 15.4. The van der Waals surface area contributed by atoms with Gasteiger partial charge in [0.1, 0.15) is 16.2 Å². The molecule has 36 heavy (non-hydrogen) atoms. The number of hydrogen-bond donors (Lipinski definition) is 2. The van der Waals surface area contributed by atoms with Gasteiger partial charge in [0.15, 0.2) is 5.16 Å². The number of nitrogens with one attached hydrogen (secondary N) is 2. The normalized spacial score (nSPS) is 11.6. The molecule has 0 saturated carbocycles. The Balaban J connectivity index is 1.64. The molecule has 2 amide bonds. The monoisotopic (exact) mass is 524 g/mol. The number of amides is 2. The molecule has 1 atom stereocenters. The van der Waals surface area contributed by atoms with Crippen LogP contribution < -0.4 is 25.8 Å². The van der Waals surface area contributed by atoms with Gasteiger partial charge in [0.25, 0.3) is 11.5 Å². The maximum absolute atomic E-state index is 13.3. The summed E-state index contributed by atoms with van der Waals surface area (Å²) < 4.78 is 11.9. The molecule has 0 saturated heterocycles. The largest absolute Gasteiger partial charge is 0.497 e. The summed E-state index contributed by atoms with van der Waals surface area (Å²) in [5.41, 5.74) is 3.63. The molecule has 0 aliphatic carbocycles. The first-order valence-corrected chi connectivity index (χ1v) is 12.8. The minimum atomic E-state index is -0.584. The van der Waals surface area contributed by atoms with E-state index in [9.17, 15) is 14.4 Å². The van der Waals surface area contributed by atoms with Crippen molar-refractivity contribution in [2.45, 2.75) is 23.8 Å². The Bertz CT molecular complexity index is 1470. The molecule has 2 heterocycles. The Morgan fingerprint density at radius 1 is 1.08 bits per heavy atom. The number of thioether (sulfide) groups is 1. The Hall–Kier alpha value is -3.83. The summed E-state index contributed by atoms with van der Waals surface area (Å²) in [7, 11) is 3.06. The summed E-state index contributed by atoms with van der Waals surface area (Å²) in [6.07, 6.45) is 0.460. The molecule has 0 bridgehead atoms. The lowest BCUT2D eigenvalue weighted by Crippen LogP contribution is -2.35. The van der Waals surface area contributed by atoms with Crippen LogP contribution >= 0.6 is 23.1 Å². The van der Waals surface area contributed by atoms with E-state index in [1.807, 2.05) is 6.92 Å². The summed E-state index contributed by atoms with van der Waals surface area (Å²) >= 11 is 2.34. The smallest absolute Gasteiger partial charge is 0.291 e. The Kier molecular flexibility index (Phi) is 7.91. The minimum Gasteiger partial charge on any atom is -0.497 e. The zero-order valence-electron chi connectivity index (χ0n) is 19.8. The molecule has 1 unspecified atom stereocenters. The fraction of sp³-hybridized carbons (Fsp3) is 0.200. The predicted molar refractivity (Wildman–Crippen MR) is 142 cm³/mol. The molecule has 0 fully saturated rings. The van der Waals surface area contributed by atoms with Gasteiger partial charge >= 0.3 is 0 Å². The van der Waals surface area contributed by atoms with E-state index in [2.05, 4.69) is 15.7 Å². The van der Waals surface area contributed by atoms with Gasteiger partial charge in [-0.3, -0.25) is 19.8 Å². The van der Waals surface area contributed by atoms with E-state index >= 15 is 0 Å². The third-order valence-corrected chi connectivity index (χ3v) is 7.45. The summed E-state index contributed by atoms with van der Waals surface area (Å²) in [6.45, 7) is 1.86. The Morgan fingerprint density at radius 3 is 2.53 bits per heavy atom. The van der Waals surface area contributed by atoms with Gasteiger partial charge < -0.3 is 14.8 Å². The first kappa shape index (κ1) is 25.3. The summed E-state index contributed by atoms with van der Waals surface area (Å²) in [4.78, 5) is 43.9. The second-order valence-electron chi connectivity index (χ2n) is 7.58. The highest BCUT2D eigenvalue weighted by molar-refractivity contribution is 8.00. The van der Waals surface area contributed by atoms with Crippen molar-refractivity contribution in [2.24, 2.45) is 0 Å². The summed E-state index contributed by atoms with van der Waals surface area (Å²) in [5, 5.41) is 4.26. The lowest BCUT2D eigenvalue weighted by atomic mass is 10.2. The van der Waals surface area contributed by atoms with Crippen molar-refractivity contribution in [3.63, 3.8) is 0 Å². The number of anilines is 1. The van der Waals surface area contributed by atoms with Gasteiger partial charge in [-0.25, -0.2) is 4.98 Å². The van der Waals surface area contributed by atoms with Gasteiger partial charge in [0, 0.05) is 17.3 Å². The molecule has 0 aliphatic rings. The average Bonchev–Trinajstić information content (AvgIpc) is 3.38. The molecule has 11 heteroatoms. The molecular weight excluding hydrogens is 500 g/mol. The van der Waals surface area contributed by atoms with E-state index in [0.717, 1.165) is 16.4 Å². The highest BCUT2D eigenvalue weighted by Crippen LogP contribution is 2.27. The zero-order valence-corrected chi connectivity index (χ0v) is 21.4. The van der Waals surface area contributed by atoms with Crippen LogP contribution in [0.25, 0.3) is 10.2 Å². The topological polar surface area (TPSA) is 112 Å². The van der Waals surface area contributed by atoms with E-state index in [-0.39, 0.29) is 11.1 Å². The highest BCUT2D eigenvalue weighted by Gasteiger charge is 2.24. The van der Waals surface area contributed by atoms with Crippen LogP contribution in [0.1, 0.15) is 23.7 Å². The number of benzene rings is 2. The molecule has 0 radical (unpaired) electrons. The molecule has 0 aliphatic heterocycles. The number of hydrogen-bond acceptors (Lipinski definition) is 8. The Morgan fingerprint density at radius 2 is 1.81 bits per heavy atom. The second kappa shape index (κ2) is 11.3. The highest BCUT2D eigenvalue weighted by atomic mass is 32.2. The van der Waals surface area contributed by atoms with E-state index in [4.69, 9.17) is 9.47 Å². The van der Waals surface area contributed by atoms with E-state index < -0.39 is 16.7 Å². The molecule has 0 spiro atoms. The van der Waals surface area contributed by atoms with Gasteiger partial charge in [-0.1, -0.05) is 30.8 Å². The first-order valence-electron chi connectivity index (χ1n) is 11.0. The van der Waals surface area contributed by atoms with Crippen LogP contribution in [0.4, 0.5) is 5.69 Å². The third-order valence-electron chi connectivity index (χ3n) is 5.24. The average molecular weight is 525 g/mol. The zero-order chi connectivity index (χ0) is 25.7. The third kappa shape index (κ3) is 5.52. The van der Waals surface area contributed by atoms with E-state index in [0.29, 0.717) is 39.4 Å². The number of rotatable bonds is 9. The van der Waals surface area contributed by atoms with Crippen molar-refractivity contribution in [2.75, 3.05) is 25.0 Å². The molecular formula is C25H24N4O5S2. The second-order valence-corrected chi connectivity index (χ2v) is 9.66. The summed E-state index contributed by atoms with van der Waals surface area (Å²) in [5.74, 6) is 0.356. The molecule has 2 aromatic carbocycles. The van der Waals surface area contributed by atoms with Gasteiger partial charge in [0.2, 0.25) is 5.91 Å². The van der Waals surface area contributed by atoms with E-state index in [1.54, 1.807) is 67.1 Å². The Labute approximate surface area is 215 Å². The lowest BCUT2D eigenvalue weighted by Gasteiger charge is -2.18. The van der Waals surface area contributed by atoms with Gasteiger partial charge in [-0.2, -0.15) is 4.68 Å². The molecule has 2 aromatic heterocycles. The number of fused-ring (bicyclic) bond motifs is 1. The maximum atomic E-state index is 13.3. The fourth-order valence-electron chi connectivity index (χ4n) is 3.37. The van der Waals surface area contributed by atoms with Crippen LogP contribution in [0.2, 0.25) is 0 Å². The van der Waals surface area contributed by atoms with Crippen LogP contribution in [-0.2, 0) is 4.79 Å². The lowest BCUT2D eigenvalue weighted by molar-refractivity contribution is -0.115. The standard InChI is InChI=1S/C25H24N4O5S2/c1-4-20(23(31)26-16-8-6-10-18(14-16)34-3)36-25-27-19-11-12-35-21(19)24(32)29(25)28-22(30)15-7-5-9-17(13-15)33-2/h5-14,20H,4H2,1-3H3,(H,26,31)(H,28,30). The SMILES string of the molecule is CCC(Sc1nc2ccsc2c(=O)n1NC(=O)c1cccc(OC)c1)C(=O)Nc1cccc(OC)c1. The predicted octanol–water partition coefficient (Wildman–Crippen LogP) is 4.37. The number of carbonyl (C=O) groups excluding carboxylic acids is 2. The van der Waals surface area contributed by atoms with Crippen LogP contribution in [0, 0.1) is 0 Å². The van der Waals surface area contributed by atoms with Crippen molar-refractivity contribution in [3.8, 4) is 11.5 Å². The fourth-order valence-corrected chi connectivity index (χ4v) is 5.10. The van der Waals surface area contributed by atoms with Crippen molar-refractivity contribution in [1.82, 2.24) is 9.66 Å². The number of nitrogens with zero attached hydrogens (tertiary/aromatic N) is 2. The molecule has 9 nitrogen and oxygen atoms in total. The number of methoxy groups -OCH3 is 2. The first-order chi connectivity index (χ1) is 17.4. The molecule has 2 N–H and O–H groups in total. The van der Waals surface area contributed by atoms with Gasteiger partial charge in [-0.15, -0.1) is 11.3 Å². The number of ether oxygens (including phenoxy) is 2. The quantitative estimate of drug-likeness (QED) is 0.247. The number of aromatic nitrogens is 2. The van der Waals surface area contributed by atoms with E-state index in [1.165, 1.54) is 18.4 Å². The van der Waals surface area contributed by atoms with Gasteiger partial charge in [-0.05, 0) is 48.2 Å². The van der Waals surface area contributed by atoms with Crippen LogP contribution in [0.5, 0.6) is 11.5 Å². The number of carbonyl (C=O) groups is 2. The van der Waals surface area contributed by atoms with Crippen LogP contribution in [0.15, 0.2) is 69.9 Å². The molecule has 4 aromatic rings. The maximum Gasteiger partial charge on any atom is 0.291 e. The van der Waals surface area contributed by atoms with Crippen LogP contribution in [-0.4, -0.2) is 40.9 Å². The van der Waals surface area contributed by atoms with Crippen molar-refractivity contribution in [1.29, 1.82) is 0 Å². The molecule has 186 valence electrons. The molecule has 4 rings (SSSR count). The van der Waals surface area contributed by atoms with Crippen molar-refractivity contribution in [3.05, 3.63) is 75.9 Å². The van der Waals surface area contributed by atoms with Crippen LogP contribution in [0.3, 0.4) is 0 Å².